The van der Waals surface area contributed by atoms with E-state index in [4.69, 9.17) is 5.73 Å². The summed E-state index contributed by atoms with van der Waals surface area (Å²) in [6, 6.07) is 7.24. The van der Waals surface area contributed by atoms with Crippen LogP contribution in [0.25, 0.3) is 10.8 Å². The van der Waals surface area contributed by atoms with E-state index in [-0.39, 0.29) is 12.8 Å². The normalized spacial score (nSPS) is 20.5. The molecular formula is C17H13N3O4. The third kappa shape index (κ3) is 1.84. The highest BCUT2D eigenvalue weighted by molar-refractivity contribution is 6.27. The maximum atomic E-state index is 12.9. The molecule has 24 heavy (non-hydrogen) atoms. The quantitative estimate of drug-likeness (QED) is 0.596. The highest BCUT2D eigenvalue weighted by atomic mass is 16.2. The number of nitrogens with one attached hydrogen (secondary N) is 1. The van der Waals surface area contributed by atoms with E-state index >= 15 is 0 Å². The van der Waals surface area contributed by atoms with E-state index in [1.807, 2.05) is 0 Å². The van der Waals surface area contributed by atoms with E-state index in [1.165, 1.54) is 0 Å². The monoisotopic (exact) mass is 323 g/mol. The van der Waals surface area contributed by atoms with Gasteiger partial charge in [0.15, 0.2) is 0 Å². The summed E-state index contributed by atoms with van der Waals surface area (Å²) in [5.41, 5.74) is 7.08. The van der Waals surface area contributed by atoms with Crippen molar-refractivity contribution in [1.82, 2.24) is 10.2 Å². The molecule has 0 radical (unpaired) electrons. The highest BCUT2D eigenvalue weighted by Crippen LogP contribution is 2.34. The van der Waals surface area contributed by atoms with Crippen molar-refractivity contribution in [1.29, 1.82) is 0 Å². The molecule has 2 aromatic carbocycles. The van der Waals surface area contributed by atoms with Crippen molar-refractivity contribution in [2.75, 3.05) is 5.73 Å². The van der Waals surface area contributed by atoms with Gasteiger partial charge in [-0.1, -0.05) is 12.1 Å². The lowest BCUT2D eigenvalue weighted by Gasteiger charge is -2.34. The van der Waals surface area contributed by atoms with Gasteiger partial charge in [0.05, 0.1) is 0 Å². The van der Waals surface area contributed by atoms with Crippen molar-refractivity contribution in [3.8, 4) is 0 Å². The van der Waals surface area contributed by atoms with E-state index < -0.39 is 29.7 Å². The number of nitrogens with zero attached hydrogens (tertiary/aromatic N) is 1. The first kappa shape index (κ1) is 14.4. The Bertz CT molecular complexity index is 928. The first-order chi connectivity index (χ1) is 11.5. The van der Waals surface area contributed by atoms with Crippen molar-refractivity contribution in [3.05, 3.63) is 41.5 Å². The van der Waals surface area contributed by atoms with E-state index in [1.54, 1.807) is 30.3 Å². The number of hydrogen-bond acceptors (Lipinski definition) is 5. The van der Waals surface area contributed by atoms with Gasteiger partial charge < -0.3 is 5.73 Å². The third-order valence-electron chi connectivity index (χ3n) is 4.49. The number of amides is 4. The molecule has 3 N–H and O–H groups in total. The van der Waals surface area contributed by atoms with Gasteiger partial charge in [-0.05, 0) is 24.6 Å². The Morgan fingerprint density at radius 1 is 1.00 bits per heavy atom. The summed E-state index contributed by atoms with van der Waals surface area (Å²) < 4.78 is 0. The first-order valence-corrected chi connectivity index (χ1v) is 7.52. The lowest BCUT2D eigenvalue weighted by Crippen LogP contribution is -2.57. The average Bonchev–Trinajstić information content (AvgIpc) is 2.56. The lowest BCUT2D eigenvalue weighted by molar-refractivity contribution is -0.136. The molecule has 0 aliphatic carbocycles. The predicted molar refractivity (Wildman–Crippen MR) is 85.0 cm³/mol. The van der Waals surface area contributed by atoms with Crippen molar-refractivity contribution < 1.29 is 19.2 Å². The van der Waals surface area contributed by atoms with Gasteiger partial charge in [-0.15, -0.1) is 0 Å². The topological polar surface area (TPSA) is 110 Å². The van der Waals surface area contributed by atoms with Crippen LogP contribution < -0.4 is 11.1 Å². The van der Waals surface area contributed by atoms with Crippen LogP contribution in [-0.4, -0.2) is 34.6 Å². The lowest BCUT2D eigenvalue weighted by atomic mass is 9.91. The van der Waals surface area contributed by atoms with Crippen LogP contribution >= 0.6 is 0 Å². The van der Waals surface area contributed by atoms with Gasteiger partial charge in [-0.3, -0.25) is 29.4 Å². The number of piperidine rings is 1. The minimum absolute atomic E-state index is 0.0895. The van der Waals surface area contributed by atoms with Crippen molar-refractivity contribution >= 4 is 40.1 Å². The molecule has 0 spiro atoms. The van der Waals surface area contributed by atoms with Crippen LogP contribution in [0.15, 0.2) is 30.3 Å². The third-order valence-corrected chi connectivity index (χ3v) is 4.49. The summed E-state index contributed by atoms with van der Waals surface area (Å²) in [6.45, 7) is 0. The van der Waals surface area contributed by atoms with Crippen LogP contribution in [0.2, 0.25) is 0 Å². The smallest absolute Gasteiger partial charge is 0.262 e. The van der Waals surface area contributed by atoms with Gasteiger partial charge >= 0.3 is 0 Å². The molecule has 2 aliphatic heterocycles. The van der Waals surface area contributed by atoms with Crippen LogP contribution in [0.5, 0.6) is 0 Å². The molecule has 1 fully saturated rings. The molecule has 2 aliphatic rings. The van der Waals surface area contributed by atoms with Gasteiger partial charge in [0, 0.05) is 34.0 Å². The number of imide groups is 2. The Kier molecular flexibility index (Phi) is 2.93. The summed E-state index contributed by atoms with van der Waals surface area (Å²) in [4.78, 5) is 50.1. The second-order valence-corrected chi connectivity index (χ2v) is 5.88. The van der Waals surface area contributed by atoms with Crippen LogP contribution in [0.1, 0.15) is 33.6 Å². The summed E-state index contributed by atoms with van der Waals surface area (Å²) in [5, 5.41) is 3.33. The van der Waals surface area contributed by atoms with Crippen molar-refractivity contribution in [2.24, 2.45) is 0 Å². The predicted octanol–water partition coefficient (Wildman–Crippen LogP) is 0.823. The Balaban J connectivity index is 1.88. The first-order valence-electron chi connectivity index (χ1n) is 7.52. The molecular weight excluding hydrogens is 310 g/mol. The van der Waals surface area contributed by atoms with E-state index in [0.29, 0.717) is 27.6 Å². The second kappa shape index (κ2) is 4.89. The number of nitrogens with two attached hydrogens (primary N) is 1. The van der Waals surface area contributed by atoms with Crippen molar-refractivity contribution in [2.45, 2.75) is 18.9 Å². The zero-order valence-corrected chi connectivity index (χ0v) is 12.5. The van der Waals surface area contributed by atoms with Gasteiger partial charge in [0.2, 0.25) is 11.8 Å². The number of nitrogen functional groups attached to an aromatic ring is 1. The minimum Gasteiger partial charge on any atom is -0.398 e. The molecule has 2 heterocycles. The van der Waals surface area contributed by atoms with E-state index in [0.717, 1.165) is 4.90 Å². The zero-order chi connectivity index (χ0) is 17.0. The molecule has 0 aromatic heterocycles. The molecule has 0 bridgehead atoms. The van der Waals surface area contributed by atoms with Gasteiger partial charge in [-0.2, -0.15) is 0 Å². The Labute approximate surface area is 136 Å². The maximum absolute atomic E-state index is 12.9. The second-order valence-electron chi connectivity index (χ2n) is 5.88. The molecule has 0 saturated carbocycles. The number of carbonyl (C=O) groups is 4. The number of benzene rings is 2. The molecule has 4 amide bonds. The number of hydrogen-bond donors (Lipinski definition) is 2. The number of carbonyl (C=O) groups excluding carboxylic acids is 4. The summed E-state index contributed by atoms with van der Waals surface area (Å²) in [5.74, 6) is -2.11. The van der Waals surface area contributed by atoms with Gasteiger partial charge in [0.25, 0.3) is 11.8 Å². The number of anilines is 1. The SMILES string of the molecule is Nc1ccc2c3c(cccc13)C(=O)N(C1CCC(=O)NC1=O)C2=O. The molecule has 2 aromatic rings. The van der Waals surface area contributed by atoms with Crippen LogP contribution in [0.3, 0.4) is 0 Å². The largest absolute Gasteiger partial charge is 0.398 e. The number of rotatable bonds is 1. The Hall–Kier alpha value is -3.22. The summed E-state index contributed by atoms with van der Waals surface area (Å²) in [7, 11) is 0. The van der Waals surface area contributed by atoms with Gasteiger partial charge in [0.1, 0.15) is 6.04 Å². The van der Waals surface area contributed by atoms with Crippen LogP contribution in [-0.2, 0) is 9.59 Å². The molecule has 120 valence electrons. The standard InChI is InChI=1S/C17H13N3O4/c18-11-5-4-10-14-8(11)2-1-3-9(14)16(23)20(17(10)24)12-6-7-13(21)19-15(12)22/h1-5,12H,6-7,18H2,(H,19,21,22). The fraction of sp³-hybridized carbons (Fsp3) is 0.176. The maximum Gasteiger partial charge on any atom is 0.262 e. The van der Waals surface area contributed by atoms with Crippen molar-refractivity contribution in [3.63, 3.8) is 0 Å². The molecule has 4 rings (SSSR count). The Morgan fingerprint density at radius 2 is 1.71 bits per heavy atom. The van der Waals surface area contributed by atoms with Gasteiger partial charge in [-0.25, -0.2) is 0 Å². The molecule has 7 heteroatoms. The highest BCUT2D eigenvalue weighted by Gasteiger charge is 2.42. The van der Waals surface area contributed by atoms with Crippen LogP contribution in [0, 0.1) is 0 Å². The fourth-order valence-corrected chi connectivity index (χ4v) is 3.35. The Morgan fingerprint density at radius 3 is 2.42 bits per heavy atom. The summed E-state index contributed by atoms with van der Waals surface area (Å²) in [6.07, 6.45) is 0.217. The zero-order valence-electron chi connectivity index (χ0n) is 12.5. The average molecular weight is 323 g/mol. The van der Waals surface area contributed by atoms with Crippen LogP contribution in [0.4, 0.5) is 5.69 Å². The molecule has 1 unspecified atom stereocenters. The van der Waals surface area contributed by atoms with E-state index in [9.17, 15) is 19.2 Å². The fourth-order valence-electron chi connectivity index (χ4n) is 3.35. The molecule has 7 nitrogen and oxygen atoms in total. The van der Waals surface area contributed by atoms with E-state index in [2.05, 4.69) is 5.32 Å². The summed E-state index contributed by atoms with van der Waals surface area (Å²) >= 11 is 0. The minimum atomic E-state index is -0.983. The molecule has 1 atom stereocenters. The molecule has 1 saturated heterocycles.